The topological polar surface area (TPSA) is 140 Å². The van der Waals surface area contributed by atoms with E-state index in [1.807, 2.05) is 12.1 Å². The van der Waals surface area contributed by atoms with Crippen LogP contribution in [0.1, 0.15) is 47.7 Å². The lowest BCUT2D eigenvalue weighted by Gasteiger charge is -2.51. The van der Waals surface area contributed by atoms with Crippen molar-refractivity contribution in [2.75, 3.05) is 7.11 Å². The second-order valence-corrected chi connectivity index (χ2v) is 7.60. The maximum absolute atomic E-state index is 11.7. The van der Waals surface area contributed by atoms with Crippen LogP contribution in [0.3, 0.4) is 0 Å². The summed E-state index contributed by atoms with van der Waals surface area (Å²) >= 11 is 0. The number of ether oxygens (including phenoxy) is 3. The predicted octanol–water partition coefficient (Wildman–Crippen LogP) is 2.98. The van der Waals surface area contributed by atoms with E-state index in [4.69, 9.17) is 19.6 Å². The third-order valence-corrected chi connectivity index (χ3v) is 6.45. The summed E-state index contributed by atoms with van der Waals surface area (Å²) in [4.78, 5) is 11.7. The number of nitrogens with one attached hydrogen (secondary N) is 1. The maximum atomic E-state index is 11.7. The van der Waals surface area contributed by atoms with Crippen LogP contribution in [0.5, 0.6) is 0 Å². The van der Waals surface area contributed by atoms with Crippen LogP contribution in [0, 0.1) is 56.2 Å². The van der Waals surface area contributed by atoms with Gasteiger partial charge in [-0.15, -0.1) is 0 Å². The van der Waals surface area contributed by atoms with Gasteiger partial charge >= 0.3 is 5.97 Å². The third-order valence-electron chi connectivity index (χ3n) is 6.45. The Hall–Kier alpha value is -3.41. The molecule has 29 heavy (non-hydrogen) atoms. The molecule has 4 atom stereocenters. The van der Waals surface area contributed by atoms with Gasteiger partial charge in [-0.1, -0.05) is 18.6 Å². The molecule has 0 amide bonds. The highest BCUT2D eigenvalue weighted by Gasteiger charge is 2.80. The number of rotatable bonds is 2. The highest BCUT2D eigenvalue weighted by atomic mass is 16.7. The van der Waals surface area contributed by atoms with E-state index in [-0.39, 0.29) is 5.90 Å². The minimum Gasteiger partial charge on any atom is -0.465 e. The van der Waals surface area contributed by atoms with E-state index in [9.17, 15) is 20.6 Å². The Morgan fingerprint density at radius 1 is 1.17 bits per heavy atom. The van der Waals surface area contributed by atoms with Crippen molar-refractivity contribution >= 4 is 11.9 Å². The molecular weight excluding hydrogens is 372 g/mol. The van der Waals surface area contributed by atoms with E-state index >= 15 is 0 Å². The van der Waals surface area contributed by atoms with Crippen LogP contribution in [-0.2, 0) is 14.2 Å². The van der Waals surface area contributed by atoms with E-state index in [1.54, 1.807) is 12.1 Å². The first kappa shape index (κ1) is 18.9. The lowest BCUT2D eigenvalue weighted by molar-refractivity contribution is -0.294. The van der Waals surface area contributed by atoms with Crippen molar-refractivity contribution in [3.05, 3.63) is 35.4 Å². The summed E-state index contributed by atoms with van der Waals surface area (Å²) < 4.78 is 16.8. The summed E-state index contributed by atoms with van der Waals surface area (Å²) in [5.74, 6) is -2.65. The molecule has 2 saturated heterocycles. The van der Waals surface area contributed by atoms with E-state index in [0.29, 0.717) is 24.0 Å². The highest BCUT2D eigenvalue weighted by molar-refractivity contribution is 5.90. The molecule has 146 valence electrons. The SMILES string of the molecule is COC(=O)c1ccc(C2OC34CCCCC3C(C#N)(C(=N)O4)C2(C#N)C#N)cc1. The fourth-order valence-corrected chi connectivity index (χ4v) is 5.07. The summed E-state index contributed by atoms with van der Waals surface area (Å²) in [7, 11) is 1.27. The fraction of sp³-hybridized carbons (Fsp3) is 0.476. The van der Waals surface area contributed by atoms with Crippen molar-refractivity contribution < 1.29 is 19.0 Å². The van der Waals surface area contributed by atoms with Crippen LogP contribution in [0.2, 0.25) is 0 Å². The molecule has 4 rings (SSSR count). The molecule has 2 aliphatic heterocycles. The van der Waals surface area contributed by atoms with E-state index in [1.165, 1.54) is 19.2 Å². The molecule has 1 aliphatic carbocycles. The Kier molecular flexibility index (Phi) is 4.12. The molecule has 0 aromatic heterocycles. The first-order chi connectivity index (χ1) is 13.9. The van der Waals surface area contributed by atoms with Gasteiger partial charge in [0.2, 0.25) is 17.1 Å². The number of nitrogens with zero attached hydrogens (tertiary/aromatic N) is 3. The molecule has 1 N–H and O–H groups in total. The van der Waals surface area contributed by atoms with Gasteiger partial charge in [0.1, 0.15) is 6.10 Å². The van der Waals surface area contributed by atoms with Crippen LogP contribution in [0.15, 0.2) is 24.3 Å². The zero-order chi connectivity index (χ0) is 20.9. The van der Waals surface area contributed by atoms with Crippen molar-refractivity contribution in [3.8, 4) is 18.2 Å². The van der Waals surface area contributed by atoms with Crippen molar-refractivity contribution in [3.63, 3.8) is 0 Å². The largest absolute Gasteiger partial charge is 0.465 e. The Labute approximate surface area is 167 Å². The number of methoxy groups -OCH3 is 1. The zero-order valence-corrected chi connectivity index (χ0v) is 15.8. The quantitative estimate of drug-likeness (QED) is 0.765. The number of benzene rings is 1. The molecule has 4 unspecified atom stereocenters. The Bertz CT molecular complexity index is 1000. The monoisotopic (exact) mass is 390 g/mol. The molecule has 2 heterocycles. The average Bonchev–Trinajstić information content (AvgIpc) is 2.97. The van der Waals surface area contributed by atoms with Gasteiger partial charge in [0.15, 0.2) is 5.41 Å². The highest BCUT2D eigenvalue weighted by Crippen LogP contribution is 2.69. The first-order valence-electron chi connectivity index (χ1n) is 9.32. The first-order valence-corrected chi connectivity index (χ1v) is 9.32. The van der Waals surface area contributed by atoms with Crippen LogP contribution in [-0.4, -0.2) is 24.8 Å². The van der Waals surface area contributed by atoms with E-state index < -0.39 is 34.6 Å². The maximum Gasteiger partial charge on any atom is 0.337 e. The summed E-state index contributed by atoms with van der Waals surface area (Å²) in [6, 6.07) is 12.4. The van der Waals surface area contributed by atoms with Gasteiger partial charge in [0, 0.05) is 6.42 Å². The Balaban J connectivity index is 1.91. The van der Waals surface area contributed by atoms with Crippen LogP contribution in [0.4, 0.5) is 0 Å². The molecular formula is C21H18N4O4. The molecule has 8 nitrogen and oxygen atoms in total. The number of esters is 1. The van der Waals surface area contributed by atoms with Gasteiger partial charge < -0.3 is 14.2 Å². The minimum absolute atomic E-state index is 0.308. The number of hydrogen-bond donors (Lipinski definition) is 1. The van der Waals surface area contributed by atoms with Crippen molar-refractivity contribution in [2.45, 2.75) is 37.6 Å². The normalized spacial score (nSPS) is 33.9. The summed E-state index contributed by atoms with van der Waals surface area (Å²) in [6.07, 6.45) is 1.51. The molecule has 0 spiro atoms. The predicted molar refractivity (Wildman–Crippen MR) is 96.8 cm³/mol. The van der Waals surface area contributed by atoms with Crippen LogP contribution in [0.25, 0.3) is 0 Å². The van der Waals surface area contributed by atoms with Crippen molar-refractivity contribution in [1.29, 1.82) is 21.2 Å². The van der Waals surface area contributed by atoms with Crippen molar-refractivity contribution in [2.24, 2.45) is 16.7 Å². The second-order valence-electron chi connectivity index (χ2n) is 7.60. The number of nitriles is 3. The molecule has 3 aliphatic rings. The van der Waals surface area contributed by atoms with Gasteiger partial charge in [-0.3, -0.25) is 5.41 Å². The van der Waals surface area contributed by atoms with Gasteiger partial charge in [-0.2, -0.15) is 15.8 Å². The van der Waals surface area contributed by atoms with Gasteiger partial charge in [0.25, 0.3) is 0 Å². The average molecular weight is 390 g/mol. The summed E-state index contributed by atoms with van der Waals surface area (Å²) in [5, 5.41) is 38.9. The van der Waals surface area contributed by atoms with Crippen LogP contribution >= 0.6 is 0 Å². The van der Waals surface area contributed by atoms with Gasteiger partial charge in [-0.25, -0.2) is 4.79 Å². The van der Waals surface area contributed by atoms with Crippen molar-refractivity contribution in [1.82, 2.24) is 0 Å². The third kappa shape index (κ3) is 2.14. The minimum atomic E-state index is -1.96. The molecule has 1 saturated carbocycles. The lowest BCUT2D eigenvalue weighted by Crippen LogP contribution is -2.60. The molecule has 0 radical (unpaired) electrons. The second kappa shape index (κ2) is 6.30. The van der Waals surface area contributed by atoms with E-state index in [2.05, 4.69) is 6.07 Å². The summed E-state index contributed by atoms with van der Waals surface area (Å²) in [5.41, 5.74) is -2.92. The van der Waals surface area contributed by atoms with Crippen LogP contribution < -0.4 is 0 Å². The number of carbonyl (C=O) groups excluding carboxylic acids is 1. The molecule has 2 bridgehead atoms. The standard InChI is InChI=1S/C21H18N4O4/c1-27-17(26)14-7-5-13(6-8-14)16-19(10-22,11-23)20(12-24)15-4-2-3-9-21(15,28-16)29-18(20)25/h5-8,15-16,25H,2-4,9H2,1H3. The molecule has 3 fully saturated rings. The van der Waals surface area contributed by atoms with Gasteiger partial charge in [-0.05, 0) is 30.5 Å². The molecule has 1 aromatic carbocycles. The van der Waals surface area contributed by atoms with E-state index in [0.717, 1.165) is 12.8 Å². The smallest absolute Gasteiger partial charge is 0.337 e. The Morgan fingerprint density at radius 2 is 1.86 bits per heavy atom. The molecule has 8 heteroatoms. The lowest BCUT2D eigenvalue weighted by atomic mass is 9.51. The zero-order valence-electron chi connectivity index (χ0n) is 15.8. The summed E-state index contributed by atoms with van der Waals surface area (Å²) in [6.45, 7) is 0. The van der Waals surface area contributed by atoms with Gasteiger partial charge in [0.05, 0.1) is 36.8 Å². The number of carbonyl (C=O) groups is 1. The Morgan fingerprint density at radius 3 is 2.45 bits per heavy atom. The number of hydrogen-bond acceptors (Lipinski definition) is 8. The fourth-order valence-electron chi connectivity index (χ4n) is 5.07. The molecule has 1 aromatic rings.